The molecule has 0 aromatic heterocycles. The molecule has 0 radical (unpaired) electrons. The molecule has 1 N–H and O–H groups in total. The molecule has 0 saturated heterocycles. The van der Waals surface area contributed by atoms with Crippen molar-refractivity contribution in [2.45, 2.75) is 10.8 Å². The summed E-state index contributed by atoms with van der Waals surface area (Å²) >= 11 is 0. The van der Waals surface area contributed by atoms with Crippen LogP contribution < -0.4 is 31.5 Å². The monoisotopic (exact) mass is 803 g/mol. The standard InChI is InChI=1S/C56H41B4NO2/c57-49-50(58)53(52(60)54(62)51(49)59)61(46-27-13-10-24-43(46)55(33-16-2-1-3-17-33)39-21-7-4-18-35(39)36-19-5-8-22-40(36)55)34-30-31-42-38(32-34)37-20-6-9-23-41(37)56(42)44-25-11-14-28-47(44)63-48-29-15-12-26-45(48)56/h1-32,62H,57-60H2. The first-order chi connectivity index (χ1) is 30.9. The molecule has 0 bridgehead atoms. The van der Waals surface area contributed by atoms with Crippen LogP contribution in [0, 0.1) is 0 Å². The van der Waals surface area contributed by atoms with E-state index in [0.29, 0.717) is 5.75 Å². The van der Waals surface area contributed by atoms with Crippen LogP contribution >= 0.6 is 0 Å². The Hall–Kier alpha value is -7.36. The maximum atomic E-state index is 12.0. The average molecular weight is 803 g/mol. The fourth-order valence-electron chi connectivity index (χ4n) is 11.7. The number of nitrogens with zero attached hydrogens (tertiary/aromatic N) is 1. The molecule has 3 nitrogen and oxygen atoms in total. The Balaban J connectivity index is 1.19. The van der Waals surface area contributed by atoms with E-state index in [1.165, 1.54) is 50.1 Å². The Morgan fingerprint density at radius 3 is 1.44 bits per heavy atom. The minimum absolute atomic E-state index is 0.325. The Morgan fingerprint density at radius 2 is 0.841 bits per heavy atom. The molecule has 7 heteroatoms. The molecular formula is C56H41B4NO2. The number of aromatic hydroxyl groups is 1. The smallest absolute Gasteiger partial charge is 0.146 e. The number of hydrogen-bond donors (Lipinski definition) is 1. The van der Waals surface area contributed by atoms with Gasteiger partial charge >= 0.3 is 0 Å². The van der Waals surface area contributed by atoms with Crippen LogP contribution in [0.2, 0.25) is 0 Å². The van der Waals surface area contributed by atoms with Gasteiger partial charge in [-0.25, -0.2) is 0 Å². The third-order valence-electron chi connectivity index (χ3n) is 14.6. The molecule has 12 rings (SSSR count). The van der Waals surface area contributed by atoms with Crippen molar-refractivity contribution in [3.8, 4) is 39.5 Å². The minimum Gasteiger partial charge on any atom is -0.509 e. The summed E-state index contributed by atoms with van der Waals surface area (Å²) < 4.78 is 6.66. The van der Waals surface area contributed by atoms with E-state index >= 15 is 0 Å². The molecule has 63 heavy (non-hydrogen) atoms. The second kappa shape index (κ2) is 13.8. The number of benzene rings is 9. The van der Waals surface area contributed by atoms with Crippen molar-refractivity contribution in [3.05, 3.63) is 239 Å². The highest BCUT2D eigenvalue weighted by atomic mass is 16.5. The lowest BCUT2D eigenvalue weighted by Gasteiger charge is -2.40. The molecule has 0 fully saturated rings. The lowest BCUT2D eigenvalue weighted by Crippen LogP contribution is -2.46. The van der Waals surface area contributed by atoms with Gasteiger partial charge in [-0.15, -0.1) is 0 Å². The normalized spacial score (nSPS) is 14.1. The quantitative estimate of drug-likeness (QED) is 0.196. The maximum absolute atomic E-state index is 12.0. The highest BCUT2D eigenvalue weighted by molar-refractivity contribution is 6.62. The summed E-state index contributed by atoms with van der Waals surface area (Å²) in [6.45, 7) is 0. The van der Waals surface area contributed by atoms with Gasteiger partial charge in [0.05, 0.1) is 16.5 Å². The van der Waals surface area contributed by atoms with Crippen molar-refractivity contribution >= 4 is 70.3 Å². The van der Waals surface area contributed by atoms with Crippen molar-refractivity contribution in [2.75, 3.05) is 4.90 Å². The summed E-state index contributed by atoms with van der Waals surface area (Å²) in [5.74, 6) is 2.07. The van der Waals surface area contributed by atoms with Gasteiger partial charge < -0.3 is 14.7 Å². The van der Waals surface area contributed by atoms with Gasteiger partial charge in [-0.05, 0) is 91.4 Å². The zero-order chi connectivity index (χ0) is 42.6. The summed E-state index contributed by atoms with van der Waals surface area (Å²) in [4.78, 5) is 2.44. The van der Waals surface area contributed by atoms with Crippen molar-refractivity contribution in [1.29, 1.82) is 0 Å². The molecule has 1 aliphatic heterocycles. The number of para-hydroxylation sites is 3. The van der Waals surface area contributed by atoms with Crippen LogP contribution in [-0.2, 0) is 10.8 Å². The fraction of sp³-hybridized carbons (Fsp3) is 0.0357. The number of phenols is 1. The molecule has 294 valence electrons. The first kappa shape index (κ1) is 37.4. The van der Waals surface area contributed by atoms with Gasteiger partial charge in [0.25, 0.3) is 0 Å². The second-order valence-electron chi connectivity index (χ2n) is 17.4. The van der Waals surface area contributed by atoms with Crippen LogP contribution in [0.1, 0.15) is 44.5 Å². The molecule has 9 aromatic rings. The number of rotatable bonds is 5. The zero-order valence-corrected chi connectivity index (χ0v) is 35.8. The van der Waals surface area contributed by atoms with Crippen molar-refractivity contribution in [1.82, 2.24) is 0 Å². The summed E-state index contributed by atoms with van der Waals surface area (Å²) in [6, 6.07) is 70.8. The summed E-state index contributed by atoms with van der Waals surface area (Å²) in [7, 11) is 8.44. The molecule has 0 atom stereocenters. The molecule has 9 aromatic carbocycles. The molecule has 0 unspecified atom stereocenters. The third kappa shape index (κ3) is 4.91. The average Bonchev–Trinajstić information content (AvgIpc) is 3.80. The van der Waals surface area contributed by atoms with E-state index in [1.54, 1.807) is 0 Å². The number of ether oxygens (including phenoxy) is 1. The maximum Gasteiger partial charge on any atom is 0.146 e. The van der Waals surface area contributed by atoms with Gasteiger partial charge in [0.15, 0.2) is 0 Å². The lowest BCUT2D eigenvalue weighted by atomic mass is 9.65. The van der Waals surface area contributed by atoms with E-state index in [0.717, 1.165) is 67.1 Å². The number of hydrogen-bond acceptors (Lipinski definition) is 3. The fourth-order valence-corrected chi connectivity index (χ4v) is 11.7. The Kier molecular flexibility index (Phi) is 8.21. The van der Waals surface area contributed by atoms with Crippen LogP contribution in [0.4, 0.5) is 17.1 Å². The van der Waals surface area contributed by atoms with E-state index in [4.69, 9.17) is 4.74 Å². The van der Waals surface area contributed by atoms with E-state index in [1.807, 2.05) is 7.85 Å². The molecule has 3 aliphatic rings. The zero-order valence-electron chi connectivity index (χ0n) is 35.8. The number of phenolic OH excluding ortho intramolecular Hbond substituents is 1. The van der Waals surface area contributed by atoms with Gasteiger partial charge in [0, 0.05) is 22.5 Å². The van der Waals surface area contributed by atoms with E-state index in [2.05, 4.69) is 223 Å². The number of anilines is 3. The SMILES string of the molecule is Bc1c(B)c(O)c(B)c(N(c2ccc3c(c2)-c2ccccc2C32c3ccccc3Oc3ccccc32)c2ccccc2C2(c3ccccc3)c3ccccc3-c3ccccc32)c1B. The van der Waals surface area contributed by atoms with Crippen molar-refractivity contribution in [2.24, 2.45) is 0 Å². The molecule has 2 aliphatic carbocycles. The molecule has 1 spiro atoms. The third-order valence-corrected chi connectivity index (χ3v) is 14.6. The molecule has 0 saturated carbocycles. The largest absolute Gasteiger partial charge is 0.509 e. The van der Waals surface area contributed by atoms with Crippen LogP contribution in [-0.4, -0.2) is 36.5 Å². The van der Waals surface area contributed by atoms with E-state index in [-0.39, 0.29) is 0 Å². The minimum atomic E-state index is -0.657. The van der Waals surface area contributed by atoms with Crippen LogP contribution in [0.3, 0.4) is 0 Å². The van der Waals surface area contributed by atoms with Gasteiger partial charge in [-0.3, -0.25) is 0 Å². The predicted molar refractivity (Wildman–Crippen MR) is 270 cm³/mol. The van der Waals surface area contributed by atoms with Gasteiger partial charge in [-0.2, -0.15) is 0 Å². The van der Waals surface area contributed by atoms with E-state index in [9.17, 15) is 5.11 Å². The lowest BCUT2D eigenvalue weighted by molar-refractivity contribution is 0.436. The molecule has 1 heterocycles. The molecular weight excluding hydrogens is 762 g/mol. The van der Waals surface area contributed by atoms with Gasteiger partial charge in [0.2, 0.25) is 0 Å². The highest BCUT2D eigenvalue weighted by Gasteiger charge is 2.52. The Labute approximate surface area is 372 Å². The van der Waals surface area contributed by atoms with E-state index < -0.39 is 10.8 Å². The number of fused-ring (bicyclic) bond motifs is 12. The van der Waals surface area contributed by atoms with Crippen molar-refractivity contribution in [3.63, 3.8) is 0 Å². The molecule has 0 amide bonds. The van der Waals surface area contributed by atoms with Crippen LogP contribution in [0.15, 0.2) is 194 Å². The highest BCUT2D eigenvalue weighted by Crippen LogP contribution is 2.63. The van der Waals surface area contributed by atoms with Crippen LogP contribution in [0.25, 0.3) is 22.3 Å². The topological polar surface area (TPSA) is 32.7 Å². The van der Waals surface area contributed by atoms with Gasteiger partial charge in [0.1, 0.15) is 48.6 Å². The summed E-state index contributed by atoms with van der Waals surface area (Å²) in [6.07, 6.45) is 0. The summed E-state index contributed by atoms with van der Waals surface area (Å²) in [5, 5.41) is 12.0. The first-order valence-corrected chi connectivity index (χ1v) is 21.9. The summed E-state index contributed by atoms with van der Waals surface area (Å²) in [5.41, 5.74) is 20.2. The Bertz CT molecular complexity index is 3240. The van der Waals surface area contributed by atoms with Gasteiger partial charge in [-0.1, -0.05) is 180 Å². The first-order valence-electron chi connectivity index (χ1n) is 21.9. The Morgan fingerprint density at radius 1 is 0.381 bits per heavy atom. The van der Waals surface area contributed by atoms with Crippen molar-refractivity contribution < 1.29 is 9.84 Å². The second-order valence-corrected chi connectivity index (χ2v) is 17.4. The predicted octanol–water partition coefficient (Wildman–Crippen LogP) is 6.73. The van der Waals surface area contributed by atoms with Crippen LogP contribution in [0.5, 0.6) is 17.2 Å².